The minimum atomic E-state index is 0.145. The highest BCUT2D eigenvalue weighted by Gasteiger charge is 2.25. The van der Waals surface area contributed by atoms with Gasteiger partial charge in [0.05, 0.1) is 36.8 Å². The topological polar surface area (TPSA) is 59.6 Å². The van der Waals surface area contributed by atoms with Gasteiger partial charge in [-0.3, -0.25) is 0 Å². The number of hydrogen-bond acceptors (Lipinski definition) is 5. The monoisotopic (exact) mass is 517 g/mol. The van der Waals surface area contributed by atoms with Gasteiger partial charge in [0.15, 0.2) is 0 Å². The fourth-order valence-electron chi connectivity index (χ4n) is 2.91. The van der Waals surface area contributed by atoms with Crippen LogP contribution in [-0.2, 0) is 0 Å². The zero-order valence-electron chi connectivity index (χ0n) is 17.1. The molecule has 0 bridgehead atoms. The van der Waals surface area contributed by atoms with E-state index in [1.54, 1.807) is 6.07 Å². The summed E-state index contributed by atoms with van der Waals surface area (Å²) in [7, 11) is 0. The molecule has 0 saturated carbocycles. The SMILES string of the molecule is CCCCNc1c(C#N)c(C#N)c(Cl)c(Sc2ccccc2Cl)c1Sc1ccccc1Cl. The number of nitrogens with zero attached hydrogens (tertiary/aromatic N) is 2. The quantitative estimate of drug-likeness (QED) is 0.302. The van der Waals surface area contributed by atoms with Gasteiger partial charge in [-0.25, -0.2) is 0 Å². The van der Waals surface area contributed by atoms with Gasteiger partial charge in [0.1, 0.15) is 12.1 Å². The molecule has 3 rings (SSSR count). The zero-order valence-corrected chi connectivity index (χ0v) is 21.0. The number of unbranched alkanes of at least 4 members (excludes halogenated alkanes) is 1. The Labute approximate surface area is 211 Å². The van der Waals surface area contributed by atoms with E-state index in [2.05, 4.69) is 24.4 Å². The van der Waals surface area contributed by atoms with E-state index in [1.165, 1.54) is 23.5 Å². The second kappa shape index (κ2) is 11.8. The van der Waals surface area contributed by atoms with Gasteiger partial charge in [0.2, 0.25) is 0 Å². The van der Waals surface area contributed by atoms with Crippen molar-refractivity contribution in [2.24, 2.45) is 0 Å². The maximum Gasteiger partial charge on any atom is 0.103 e. The molecular formula is C24H18Cl3N3S2. The summed E-state index contributed by atoms with van der Waals surface area (Å²) in [6.07, 6.45) is 1.90. The van der Waals surface area contributed by atoms with Crippen molar-refractivity contribution in [2.75, 3.05) is 11.9 Å². The number of anilines is 1. The van der Waals surface area contributed by atoms with Crippen molar-refractivity contribution in [3.8, 4) is 12.1 Å². The molecule has 1 N–H and O–H groups in total. The van der Waals surface area contributed by atoms with E-state index >= 15 is 0 Å². The highest BCUT2D eigenvalue weighted by molar-refractivity contribution is 8.02. The average molecular weight is 519 g/mol. The van der Waals surface area contributed by atoms with Crippen LogP contribution in [0.4, 0.5) is 5.69 Å². The van der Waals surface area contributed by atoms with Crippen molar-refractivity contribution in [1.82, 2.24) is 0 Å². The van der Waals surface area contributed by atoms with Gasteiger partial charge in [0.25, 0.3) is 0 Å². The molecule has 0 amide bonds. The first-order valence-corrected chi connectivity index (χ1v) is 12.6. The Kier molecular flexibility index (Phi) is 9.05. The molecule has 0 aliphatic rings. The molecule has 3 aromatic rings. The van der Waals surface area contributed by atoms with Crippen LogP contribution in [0.3, 0.4) is 0 Å². The van der Waals surface area contributed by atoms with Crippen LogP contribution < -0.4 is 5.32 Å². The third-order valence-electron chi connectivity index (χ3n) is 4.51. The lowest BCUT2D eigenvalue weighted by Gasteiger charge is -2.20. The number of halogens is 3. The molecule has 32 heavy (non-hydrogen) atoms. The van der Waals surface area contributed by atoms with Crippen LogP contribution >= 0.6 is 58.3 Å². The van der Waals surface area contributed by atoms with Gasteiger partial charge in [-0.15, -0.1) is 0 Å². The van der Waals surface area contributed by atoms with Crippen LogP contribution in [0, 0.1) is 22.7 Å². The van der Waals surface area contributed by atoms with E-state index in [1.807, 2.05) is 42.5 Å². The first-order chi connectivity index (χ1) is 15.5. The normalized spacial score (nSPS) is 10.4. The standard InChI is InChI=1S/C24H18Cl3N3S2/c1-2-3-12-30-22-16(14-29)15(13-28)21(27)23(31-19-10-6-4-8-17(19)25)24(22)32-20-11-7-5-9-18(20)26/h4-11,30H,2-3,12H2,1H3. The van der Waals surface area contributed by atoms with Crippen LogP contribution in [0.2, 0.25) is 15.1 Å². The largest absolute Gasteiger partial charge is 0.383 e. The predicted octanol–water partition coefficient (Wildman–Crippen LogP) is 8.90. The van der Waals surface area contributed by atoms with Crippen molar-refractivity contribution in [1.29, 1.82) is 10.5 Å². The number of rotatable bonds is 8. The summed E-state index contributed by atoms with van der Waals surface area (Å²) < 4.78 is 0. The highest BCUT2D eigenvalue weighted by atomic mass is 35.5. The summed E-state index contributed by atoms with van der Waals surface area (Å²) in [6, 6.07) is 19.2. The summed E-state index contributed by atoms with van der Waals surface area (Å²) in [5.41, 5.74) is 0.958. The minimum absolute atomic E-state index is 0.145. The molecule has 3 aromatic carbocycles. The lowest BCUT2D eigenvalue weighted by Crippen LogP contribution is -2.07. The number of hydrogen-bond donors (Lipinski definition) is 1. The second-order valence-corrected chi connectivity index (χ2v) is 9.96. The van der Waals surface area contributed by atoms with E-state index < -0.39 is 0 Å². The number of nitriles is 2. The van der Waals surface area contributed by atoms with Gasteiger partial charge < -0.3 is 5.32 Å². The Morgan fingerprint density at radius 2 is 1.34 bits per heavy atom. The van der Waals surface area contributed by atoms with Crippen LogP contribution in [0.1, 0.15) is 30.9 Å². The molecule has 0 atom stereocenters. The third kappa shape index (κ3) is 5.49. The minimum Gasteiger partial charge on any atom is -0.383 e. The molecule has 0 aliphatic carbocycles. The number of benzene rings is 3. The fourth-order valence-corrected chi connectivity index (χ4v) is 5.99. The lowest BCUT2D eigenvalue weighted by atomic mass is 10.1. The molecule has 162 valence electrons. The Balaban J connectivity index is 2.28. The van der Waals surface area contributed by atoms with Gasteiger partial charge in [-0.1, -0.05) is 95.9 Å². The van der Waals surface area contributed by atoms with E-state index in [4.69, 9.17) is 34.8 Å². The third-order valence-corrected chi connectivity index (χ3v) is 8.38. The average Bonchev–Trinajstić information content (AvgIpc) is 2.79. The van der Waals surface area contributed by atoms with Crippen LogP contribution in [0.15, 0.2) is 68.1 Å². The van der Waals surface area contributed by atoms with Gasteiger partial charge >= 0.3 is 0 Å². The Hall–Kier alpha value is -1.99. The smallest absolute Gasteiger partial charge is 0.103 e. The molecule has 3 nitrogen and oxygen atoms in total. The summed E-state index contributed by atoms with van der Waals surface area (Å²) in [5.74, 6) is 0. The molecule has 0 saturated heterocycles. The van der Waals surface area contributed by atoms with Crippen molar-refractivity contribution in [2.45, 2.75) is 39.3 Å². The van der Waals surface area contributed by atoms with E-state index in [9.17, 15) is 10.5 Å². The summed E-state index contributed by atoms with van der Waals surface area (Å²) in [6.45, 7) is 2.75. The van der Waals surface area contributed by atoms with Crippen molar-refractivity contribution >= 4 is 64.0 Å². The summed E-state index contributed by atoms with van der Waals surface area (Å²) in [5, 5.41) is 24.5. The zero-order chi connectivity index (χ0) is 23.1. The lowest BCUT2D eigenvalue weighted by molar-refractivity contribution is 0.831. The molecule has 0 heterocycles. The molecule has 0 radical (unpaired) electrons. The Morgan fingerprint density at radius 1 is 0.812 bits per heavy atom. The molecule has 0 unspecified atom stereocenters. The van der Waals surface area contributed by atoms with Crippen LogP contribution in [-0.4, -0.2) is 6.54 Å². The molecular weight excluding hydrogens is 501 g/mol. The van der Waals surface area contributed by atoms with Gasteiger partial charge in [-0.05, 0) is 30.7 Å². The highest BCUT2D eigenvalue weighted by Crippen LogP contribution is 2.51. The van der Waals surface area contributed by atoms with E-state index in [-0.39, 0.29) is 16.1 Å². The van der Waals surface area contributed by atoms with Crippen molar-refractivity contribution in [3.63, 3.8) is 0 Å². The summed E-state index contributed by atoms with van der Waals surface area (Å²) >= 11 is 22.4. The van der Waals surface area contributed by atoms with E-state index in [0.717, 1.165) is 27.5 Å². The molecule has 0 aromatic heterocycles. The first kappa shape index (κ1) is 24.6. The van der Waals surface area contributed by atoms with Crippen LogP contribution in [0.25, 0.3) is 0 Å². The fraction of sp³-hybridized carbons (Fsp3) is 0.167. The first-order valence-electron chi connectivity index (χ1n) is 9.80. The van der Waals surface area contributed by atoms with Gasteiger partial charge in [-0.2, -0.15) is 10.5 Å². The predicted molar refractivity (Wildman–Crippen MR) is 135 cm³/mol. The maximum atomic E-state index is 9.92. The maximum absolute atomic E-state index is 9.92. The molecule has 0 aliphatic heterocycles. The second-order valence-electron chi connectivity index (χ2n) is 6.67. The van der Waals surface area contributed by atoms with E-state index in [0.29, 0.717) is 27.2 Å². The Morgan fingerprint density at radius 3 is 1.84 bits per heavy atom. The van der Waals surface area contributed by atoms with Crippen LogP contribution in [0.5, 0.6) is 0 Å². The van der Waals surface area contributed by atoms with Gasteiger partial charge in [0, 0.05) is 21.2 Å². The molecule has 0 spiro atoms. The molecule has 8 heteroatoms. The molecule has 0 fully saturated rings. The van der Waals surface area contributed by atoms with Crippen molar-refractivity contribution in [3.05, 3.63) is 74.7 Å². The summed E-state index contributed by atoms with van der Waals surface area (Å²) in [4.78, 5) is 3.00. The van der Waals surface area contributed by atoms with Crippen molar-refractivity contribution < 1.29 is 0 Å². The number of nitrogens with one attached hydrogen (secondary N) is 1. The Bertz CT molecular complexity index is 1220.